The third-order valence-electron chi connectivity index (χ3n) is 3.48. The topological polar surface area (TPSA) is 54.5 Å². The van der Waals surface area contributed by atoms with Crippen molar-refractivity contribution in [2.75, 3.05) is 36.5 Å². The number of halogens is 1. The first-order valence-electron chi connectivity index (χ1n) is 7.09. The number of amides is 1. The van der Waals surface area contributed by atoms with E-state index in [9.17, 15) is 9.18 Å². The van der Waals surface area contributed by atoms with E-state index in [0.29, 0.717) is 19.0 Å². The lowest BCUT2D eigenvalue weighted by atomic mass is 10.2. The summed E-state index contributed by atoms with van der Waals surface area (Å²) >= 11 is 0. The molecule has 1 saturated heterocycles. The molecule has 1 fully saturated rings. The number of anilines is 2. The fourth-order valence-electron chi connectivity index (χ4n) is 2.30. The van der Waals surface area contributed by atoms with Gasteiger partial charge in [-0.15, -0.1) is 0 Å². The van der Waals surface area contributed by atoms with E-state index < -0.39 is 11.7 Å². The van der Waals surface area contributed by atoms with Crippen molar-refractivity contribution >= 4 is 17.4 Å². The minimum Gasteiger partial charge on any atom is -0.378 e. The number of pyridine rings is 1. The number of benzene rings is 1. The van der Waals surface area contributed by atoms with Crippen LogP contribution in [0.4, 0.5) is 15.9 Å². The van der Waals surface area contributed by atoms with Crippen molar-refractivity contribution in [2.45, 2.75) is 0 Å². The number of morpholine rings is 1. The molecule has 22 heavy (non-hydrogen) atoms. The molecule has 0 bridgehead atoms. The summed E-state index contributed by atoms with van der Waals surface area (Å²) in [6, 6.07) is 9.45. The van der Waals surface area contributed by atoms with E-state index in [1.807, 2.05) is 6.07 Å². The molecule has 5 nitrogen and oxygen atoms in total. The Kier molecular flexibility index (Phi) is 4.29. The molecule has 3 rings (SSSR count). The van der Waals surface area contributed by atoms with Crippen molar-refractivity contribution in [3.05, 3.63) is 54.0 Å². The Morgan fingerprint density at radius 3 is 2.64 bits per heavy atom. The third kappa shape index (κ3) is 3.23. The van der Waals surface area contributed by atoms with Crippen LogP contribution in [0.1, 0.15) is 10.4 Å². The van der Waals surface area contributed by atoms with Gasteiger partial charge in [-0.1, -0.05) is 12.1 Å². The molecule has 0 radical (unpaired) electrons. The number of hydrogen-bond acceptors (Lipinski definition) is 4. The molecule has 0 spiro atoms. The molecular formula is C16H16FN3O2. The van der Waals surface area contributed by atoms with Gasteiger partial charge in [-0.3, -0.25) is 4.79 Å². The average molecular weight is 301 g/mol. The van der Waals surface area contributed by atoms with Crippen molar-refractivity contribution in [3.63, 3.8) is 0 Å². The molecule has 1 N–H and O–H groups in total. The first kappa shape index (κ1) is 14.5. The predicted octanol–water partition coefficient (Wildman–Crippen LogP) is 2.31. The Bertz CT molecular complexity index is 655. The second kappa shape index (κ2) is 6.53. The molecule has 1 amide bonds. The van der Waals surface area contributed by atoms with Crippen LogP contribution < -0.4 is 10.2 Å². The second-order valence-electron chi connectivity index (χ2n) is 4.94. The van der Waals surface area contributed by atoms with E-state index in [4.69, 9.17) is 4.74 Å². The highest BCUT2D eigenvalue weighted by atomic mass is 19.1. The van der Waals surface area contributed by atoms with Crippen LogP contribution in [0.3, 0.4) is 0 Å². The summed E-state index contributed by atoms with van der Waals surface area (Å²) in [5, 5.41) is 2.60. The highest BCUT2D eigenvalue weighted by Gasteiger charge is 2.13. The lowest BCUT2D eigenvalue weighted by Gasteiger charge is -2.28. The molecule has 0 atom stereocenters. The predicted molar refractivity (Wildman–Crippen MR) is 81.6 cm³/mol. The van der Waals surface area contributed by atoms with E-state index in [2.05, 4.69) is 15.2 Å². The lowest BCUT2D eigenvalue weighted by molar-refractivity contribution is 0.102. The summed E-state index contributed by atoms with van der Waals surface area (Å²) in [5.41, 5.74) is 0.980. The zero-order chi connectivity index (χ0) is 15.4. The van der Waals surface area contributed by atoms with Gasteiger partial charge in [-0.25, -0.2) is 9.37 Å². The van der Waals surface area contributed by atoms with Gasteiger partial charge in [0, 0.05) is 13.1 Å². The Morgan fingerprint density at radius 1 is 1.18 bits per heavy atom. The van der Waals surface area contributed by atoms with E-state index in [1.54, 1.807) is 24.4 Å². The number of nitrogens with one attached hydrogen (secondary N) is 1. The van der Waals surface area contributed by atoms with Crippen molar-refractivity contribution in [3.8, 4) is 0 Å². The maximum atomic E-state index is 13.5. The number of carbonyl (C=O) groups is 1. The molecule has 2 aromatic rings. The molecular weight excluding hydrogens is 285 g/mol. The normalized spacial score (nSPS) is 14.7. The number of rotatable bonds is 3. The Labute approximate surface area is 127 Å². The standard InChI is InChI=1S/C16H16FN3O2/c17-14-4-2-1-3-13(14)16(21)19-15-6-5-12(11-18-15)20-7-9-22-10-8-20/h1-6,11H,7-10H2,(H,18,19,21). The first-order chi connectivity index (χ1) is 10.7. The zero-order valence-corrected chi connectivity index (χ0v) is 12.0. The number of carbonyl (C=O) groups excluding carboxylic acids is 1. The fourth-order valence-corrected chi connectivity index (χ4v) is 2.30. The monoisotopic (exact) mass is 301 g/mol. The van der Waals surface area contributed by atoms with Crippen LogP contribution in [-0.2, 0) is 4.74 Å². The molecule has 6 heteroatoms. The van der Waals surface area contributed by atoms with Crippen molar-refractivity contribution in [2.24, 2.45) is 0 Å². The summed E-state index contributed by atoms with van der Waals surface area (Å²) in [6.45, 7) is 3.04. The molecule has 0 saturated carbocycles. The summed E-state index contributed by atoms with van der Waals surface area (Å²) in [6.07, 6.45) is 1.70. The quantitative estimate of drug-likeness (QED) is 0.945. The second-order valence-corrected chi connectivity index (χ2v) is 4.94. The number of nitrogens with zero attached hydrogens (tertiary/aromatic N) is 2. The largest absolute Gasteiger partial charge is 0.378 e. The first-order valence-corrected chi connectivity index (χ1v) is 7.09. The van der Waals surface area contributed by atoms with Crippen LogP contribution in [0.25, 0.3) is 0 Å². The van der Waals surface area contributed by atoms with Crippen molar-refractivity contribution < 1.29 is 13.9 Å². The van der Waals surface area contributed by atoms with Gasteiger partial charge in [-0.2, -0.15) is 0 Å². The van der Waals surface area contributed by atoms with Crippen LogP contribution >= 0.6 is 0 Å². The molecule has 1 aliphatic heterocycles. The van der Waals surface area contributed by atoms with E-state index in [1.165, 1.54) is 12.1 Å². The Morgan fingerprint density at radius 2 is 1.95 bits per heavy atom. The van der Waals surface area contributed by atoms with Gasteiger partial charge in [0.05, 0.1) is 30.7 Å². The minimum absolute atomic E-state index is 0.00144. The van der Waals surface area contributed by atoms with E-state index in [0.717, 1.165) is 18.8 Å². The van der Waals surface area contributed by atoms with Gasteiger partial charge < -0.3 is 15.0 Å². The van der Waals surface area contributed by atoms with Gasteiger partial charge in [0.25, 0.3) is 5.91 Å². The maximum absolute atomic E-state index is 13.5. The highest BCUT2D eigenvalue weighted by molar-refractivity contribution is 6.03. The van der Waals surface area contributed by atoms with E-state index >= 15 is 0 Å². The minimum atomic E-state index is -0.551. The Balaban J connectivity index is 1.68. The van der Waals surface area contributed by atoms with Crippen LogP contribution in [0.5, 0.6) is 0 Å². The number of hydrogen-bond donors (Lipinski definition) is 1. The van der Waals surface area contributed by atoms with Crippen LogP contribution in [-0.4, -0.2) is 37.2 Å². The average Bonchev–Trinajstić information content (AvgIpc) is 2.57. The highest BCUT2D eigenvalue weighted by Crippen LogP contribution is 2.17. The summed E-state index contributed by atoms with van der Waals surface area (Å²) in [7, 11) is 0. The van der Waals surface area contributed by atoms with Crippen molar-refractivity contribution in [1.82, 2.24) is 4.98 Å². The lowest BCUT2D eigenvalue weighted by Crippen LogP contribution is -2.36. The van der Waals surface area contributed by atoms with Gasteiger partial charge in [0.15, 0.2) is 0 Å². The molecule has 114 valence electrons. The van der Waals surface area contributed by atoms with Crippen LogP contribution in [0.2, 0.25) is 0 Å². The molecule has 1 aromatic carbocycles. The maximum Gasteiger partial charge on any atom is 0.259 e. The van der Waals surface area contributed by atoms with E-state index in [-0.39, 0.29) is 5.56 Å². The SMILES string of the molecule is O=C(Nc1ccc(N2CCOCC2)cn1)c1ccccc1F. The molecule has 0 unspecified atom stereocenters. The third-order valence-corrected chi connectivity index (χ3v) is 3.48. The molecule has 2 heterocycles. The van der Waals surface area contributed by atoms with Crippen molar-refractivity contribution in [1.29, 1.82) is 0 Å². The smallest absolute Gasteiger partial charge is 0.259 e. The fraction of sp³-hybridized carbons (Fsp3) is 0.250. The van der Waals surface area contributed by atoms with Gasteiger partial charge in [0.2, 0.25) is 0 Å². The number of ether oxygens (including phenoxy) is 1. The van der Waals surface area contributed by atoms with Crippen LogP contribution in [0, 0.1) is 5.82 Å². The summed E-state index contributed by atoms with van der Waals surface area (Å²) < 4.78 is 18.9. The summed E-state index contributed by atoms with van der Waals surface area (Å²) in [4.78, 5) is 18.4. The molecule has 1 aromatic heterocycles. The van der Waals surface area contributed by atoms with Crippen LogP contribution in [0.15, 0.2) is 42.6 Å². The summed E-state index contributed by atoms with van der Waals surface area (Å²) in [5.74, 6) is -0.667. The zero-order valence-electron chi connectivity index (χ0n) is 12.0. The van der Waals surface area contributed by atoms with Gasteiger partial charge >= 0.3 is 0 Å². The Hall–Kier alpha value is -2.47. The van der Waals surface area contributed by atoms with Gasteiger partial charge in [-0.05, 0) is 24.3 Å². The molecule has 1 aliphatic rings. The molecule has 0 aliphatic carbocycles. The number of aromatic nitrogens is 1. The van der Waals surface area contributed by atoms with Gasteiger partial charge in [0.1, 0.15) is 11.6 Å².